The van der Waals surface area contributed by atoms with Crippen LogP contribution in [0.5, 0.6) is 11.5 Å². The van der Waals surface area contributed by atoms with Crippen LogP contribution in [0.3, 0.4) is 0 Å². The lowest BCUT2D eigenvalue weighted by Gasteiger charge is -2.31. The summed E-state index contributed by atoms with van der Waals surface area (Å²) in [6.07, 6.45) is 1.23. The van der Waals surface area contributed by atoms with Crippen molar-refractivity contribution < 1.29 is 19.1 Å². The van der Waals surface area contributed by atoms with Gasteiger partial charge in [-0.3, -0.25) is 9.59 Å². The fourth-order valence-electron chi connectivity index (χ4n) is 3.45. The van der Waals surface area contributed by atoms with Crippen molar-refractivity contribution in [3.8, 4) is 11.5 Å². The van der Waals surface area contributed by atoms with Gasteiger partial charge in [0.1, 0.15) is 17.1 Å². The Balaban J connectivity index is 1.49. The summed E-state index contributed by atoms with van der Waals surface area (Å²) in [5.41, 5.74) is 1.91. The van der Waals surface area contributed by atoms with E-state index < -0.39 is 5.60 Å². The van der Waals surface area contributed by atoms with Crippen molar-refractivity contribution in [1.82, 2.24) is 0 Å². The average molecular weight is 488 g/mol. The maximum Gasteiger partial charge on any atom is 0.224 e. The van der Waals surface area contributed by atoms with Crippen LogP contribution in [0.4, 0.5) is 5.69 Å². The molecule has 0 bridgehead atoms. The van der Waals surface area contributed by atoms with E-state index in [4.69, 9.17) is 9.47 Å². The predicted octanol–water partition coefficient (Wildman–Crippen LogP) is 6.29. The van der Waals surface area contributed by atoms with Gasteiger partial charge in [0.15, 0.2) is 5.78 Å². The number of Topliss-reactive ketones (excluding diaryl/α,β-unsaturated/α-hetero) is 1. The van der Waals surface area contributed by atoms with Gasteiger partial charge in [0.25, 0.3) is 0 Å². The highest BCUT2D eigenvalue weighted by Gasteiger charge is 2.32. The number of rotatable bonds is 6. The molecule has 0 unspecified atom stereocenters. The summed E-state index contributed by atoms with van der Waals surface area (Å²) in [5, 5.41) is 2.86. The summed E-state index contributed by atoms with van der Waals surface area (Å²) in [6, 6.07) is 11.3. The topological polar surface area (TPSA) is 64.6 Å². The maximum atomic E-state index is 12.4. The van der Waals surface area contributed by atoms with Crippen molar-refractivity contribution in [1.29, 1.82) is 0 Å². The molecule has 5 nitrogen and oxygen atoms in total. The molecule has 1 amide bonds. The van der Waals surface area contributed by atoms with Crippen LogP contribution in [0, 0.1) is 0 Å². The Labute approximate surface area is 192 Å². The van der Waals surface area contributed by atoms with E-state index in [1.54, 1.807) is 18.2 Å². The van der Waals surface area contributed by atoms with Gasteiger partial charge in [-0.15, -0.1) is 0 Å². The first-order chi connectivity index (χ1) is 14.4. The molecule has 2 aromatic rings. The van der Waals surface area contributed by atoms with Crippen molar-refractivity contribution in [2.75, 3.05) is 11.9 Å². The maximum absolute atomic E-state index is 12.4. The molecule has 1 heterocycles. The van der Waals surface area contributed by atoms with E-state index >= 15 is 0 Å². The van der Waals surface area contributed by atoms with Crippen LogP contribution in [0.2, 0.25) is 0 Å². The lowest BCUT2D eigenvalue weighted by atomic mass is 9.87. The monoisotopic (exact) mass is 487 g/mol. The molecule has 0 spiro atoms. The van der Waals surface area contributed by atoms with Gasteiger partial charge in [0.05, 0.1) is 23.1 Å². The zero-order chi connectivity index (χ0) is 22.8. The molecule has 0 atom stereocenters. The van der Waals surface area contributed by atoms with Crippen molar-refractivity contribution in [3.05, 3.63) is 52.0 Å². The molecule has 0 aliphatic carbocycles. The standard InChI is InChI=1S/C25H30BrNO4/c1-24(2,3)16-8-10-22(19(26)13-16)30-12-6-7-23(29)27-17-9-11-21-18(14-17)20(28)15-25(4,5)31-21/h8-11,13-14H,6-7,12,15H2,1-5H3,(H,27,29). The SMILES string of the molecule is CC1(C)CC(=O)c2cc(NC(=O)CCCOc3ccc(C(C)(C)C)cc3Br)ccc2O1. The Morgan fingerprint density at radius 3 is 2.61 bits per heavy atom. The van der Waals surface area contributed by atoms with E-state index in [-0.39, 0.29) is 17.1 Å². The molecule has 0 fully saturated rings. The molecule has 31 heavy (non-hydrogen) atoms. The number of benzene rings is 2. The summed E-state index contributed by atoms with van der Waals surface area (Å²) in [6.45, 7) is 10.7. The number of carbonyl (C=O) groups is 2. The second-order valence-electron chi connectivity index (χ2n) is 9.57. The van der Waals surface area contributed by atoms with E-state index in [1.807, 2.05) is 19.9 Å². The summed E-state index contributed by atoms with van der Waals surface area (Å²) >= 11 is 3.56. The Bertz CT molecular complexity index is 992. The van der Waals surface area contributed by atoms with E-state index in [1.165, 1.54) is 5.56 Å². The van der Waals surface area contributed by atoms with E-state index in [0.717, 1.165) is 10.2 Å². The minimum atomic E-state index is -0.503. The lowest BCUT2D eigenvalue weighted by Crippen LogP contribution is -2.35. The Hall–Kier alpha value is -2.34. The number of hydrogen-bond acceptors (Lipinski definition) is 4. The highest BCUT2D eigenvalue weighted by Crippen LogP contribution is 2.35. The Kier molecular flexibility index (Phi) is 6.79. The summed E-state index contributed by atoms with van der Waals surface area (Å²) in [5.74, 6) is 1.24. The molecular weight excluding hydrogens is 458 g/mol. The van der Waals surface area contributed by atoms with Crippen LogP contribution in [0.1, 0.15) is 69.8 Å². The molecule has 3 rings (SSSR count). The van der Waals surface area contributed by atoms with Crippen molar-refractivity contribution in [2.45, 2.75) is 64.9 Å². The van der Waals surface area contributed by atoms with Crippen LogP contribution >= 0.6 is 15.9 Å². The van der Waals surface area contributed by atoms with Gasteiger partial charge >= 0.3 is 0 Å². The molecular formula is C25H30BrNO4. The zero-order valence-corrected chi connectivity index (χ0v) is 20.4. The molecule has 1 aliphatic rings. The fourth-order valence-corrected chi connectivity index (χ4v) is 3.95. The van der Waals surface area contributed by atoms with E-state index in [0.29, 0.717) is 42.9 Å². The summed E-state index contributed by atoms with van der Waals surface area (Å²) < 4.78 is 12.6. The number of halogens is 1. The highest BCUT2D eigenvalue weighted by atomic mass is 79.9. The summed E-state index contributed by atoms with van der Waals surface area (Å²) in [7, 11) is 0. The van der Waals surface area contributed by atoms with E-state index in [9.17, 15) is 9.59 Å². The third-order valence-corrected chi connectivity index (χ3v) is 5.76. The molecule has 0 radical (unpaired) electrons. The minimum Gasteiger partial charge on any atom is -0.492 e. The quantitative estimate of drug-likeness (QED) is 0.486. The Morgan fingerprint density at radius 1 is 1.19 bits per heavy atom. The number of amides is 1. The molecule has 0 saturated carbocycles. The summed E-state index contributed by atoms with van der Waals surface area (Å²) in [4.78, 5) is 24.7. The number of carbonyl (C=O) groups excluding carboxylic acids is 2. The largest absolute Gasteiger partial charge is 0.492 e. The highest BCUT2D eigenvalue weighted by molar-refractivity contribution is 9.10. The smallest absolute Gasteiger partial charge is 0.224 e. The number of anilines is 1. The average Bonchev–Trinajstić information content (AvgIpc) is 2.65. The Morgan fingerprint density at radius 2 is 1.94 bits per heavy atom. The number of fused-ring (bicyclic) bond motifs is 1. The third kappa shape index (κ3) is 6.10. The number of ketones is 1. The number of ether oxygens (including phenoxy) is 2. The van der Waals surface area contributed by atoms with Crippen LogP contribution < -0.4 is 14.8 Å². The van der Waals surface area contributed by atoms with Crippen molar-refractivity contribution in [3.63, 3.8) is 0 Å². The first-order valence-electron chi connectivity index (χ1n) is 10.5. The third-order valence-electron chi connectivity index (χ3n) is 5.14. The van der Waals surface area contributed by atoms with Gasteiger partial charge in [0, 0.05) is 12.1 Å². The van der Waals surface area contributed by atoms with Gasteiger partial charge in [-0.25, -0.2) is 0 Å². The minimum absolute atomic E-state index is 0.0267. The van der Waals surface area contributed by atoms with Gasteiger partial charge in [-0.1, -0.05) is 26.8 Å². The molecule has 2 aromatic carbocycles. The normalized spacial score (nSPS) is 15.1. The molecule has 1 aliphatic heterocycles. The molecule has 6 heteroatoms. The molecule has 1 N–H and O–H groups in total. The predicted molar refractivity (Wildman–Crippen MR) is 126 cm³/mol. The van der Waals surface area contributed by atoms with Crippen LogP contribution in [-0.2, 0) is 10.2 Å². The first-order valence-corrected chi connectivity index (χ1v) is 11.3. The van der Waals surface area contributed by atoms with E-state index in [2.05, 4.69) is 54.2 Å². The molecule has 0 aromatic heterocycles. The first kappa shape index (κ1) is 23.3. The van der Waals surface area contributed by atoms with Crippen molar-refractivity contribution >= 4 is 33.3 Å². The zero-order valence-electron chi connectivity index (χ0n) is 18.8. The van der Waals surface area contributed by atoms with Gasteiger partial charge in [0.2, 0.25) is 5.91 Å². The molecule has 166 valence electrons. The molecule has 0 saturated heterocycles. The second-order valence-corrected chi connectivity index (χ2v) is 10.4. The van der Waals surface area contributed by atoms with Gasteiger partial charge in [-0.05, 0) is 77.5 Å². The second kappa shape index (κ2) is 9.03. The van der Waals surface area contributed by atoms with Crippen LogP contribution in [0.15, 0.2) is 40.9 Å². The fraction of sp³-hybridized carbons (Fsp3) is 0.440. The van der Waals surface area contributed by atoms with Gasteiger partial charge < -0.3 is 14.8 Å². The van der Waals surface area contributed by atoms with Crippen LogP contribution in [-0.4, -0.2) is 23.9 Å². The van der Waals surface area contributed by atoms with Crippen LogP contribution in [0.25, 0.3) is 0 Å². The number of nitrogens with one attached hydrogen (secondary N) is 1. The van der Waals surface area contributed by atoms with Gasteiger partial charge in [-0.2, -0.15) is 0 Å². The lowest BCUT2D eigenvalue weighted by molar-refractivity contribution is -0.116. The van der Waals surface area contributed by atoms with Crippen molar-refractivity contribution in [2.24, 2.45) is 0 Å². The number of hydrogen-bond donors (Lipinski definition) is 1.